The van der Waals surface area contributed by atoms with Crippen LogP contribution in [0.4, 0.5) is 35.0 Å². The van der Waals surface area contributed by atoms with Crippen LogP contribution in [0.1, 0.15) is 5.56 Å². The lowest BCUT2D eigenvalue weighted by molar-refractivity contribution is 1.06. The largest absolute Gasteiger partial charge is 0.324 e. The minimum absolute atomic E-state index is 0.392. The van der Waals surface area contributed by atoms with Crippen molar-refractivity contribution in [3.8, 4) is 0 Å². The first kappa shape index (κ1) is 17.4. The first-order valence-corrected chi connectivity index (χ1v) is 8.85. The summed E-state index contributed by atoms with van der Waals surface area (Å²) >= 11 is 0. The predicted octanol–water partition coefficient (Wildman–Crippen LogP) is 4.81. The summed E-state index contributed by atoms with van der Waals surface area (Å²) < 4.78 is 0. The van der Waals surface area contributed by atoms with Gasteiger partial charge in [-0.05, 0) is 42.8 Å². The highest BCUT2D eigenvalue weighted by Gasteiger charge is 2.09. The van der Waals surface area contributed by atoms with Gasteiger partial charge in [-0.15, -0.1) is 0 Å². The van der Waals surface area contributed by atoms with Gasteiger partial charge in [0.1, 0.15) is 5.82 Å². The molecule has 2 aromatic carbocycles. The number of aryl methyl sites for hydroxylation is 1. The van der Waals surface area contributed by atoms with Crippen molar-refractivity contribution in [2.45, 2.75) is 6.92 Å². The number of para-hydroxylation sites is 2. The van der Waals surface area contributed by atoms with Crippen LogP contribution in [-0.4, -0.2) is 19.9 Å². The second kappa shape index (κ2) is 8.13. The maximum absolute atomic E-state index is 4.50. The average molecular weight is 369 g/mol. The van der Waals surface area contributed by atoms with Crippen molar-refractivity contribution in [3.05, 3.63) is 84.6 Å². The van der Waals surface area contributed by atoms with Gasteiger partial charge in [-0.2, -0.15) is 15.0 Å². The molecule has 0 aliphatic heterocycles. The number of benzene rings is 2. The Labute approximate surface area is 162 Å². The summed E-state index contributed by atoms with van der Waals surface area (Å²) in [5.41, 5.74) is 2.92. The molecule has 0 spiro atoms. The Kier molecular flexibility index (Phi) is 5.06. The molecule has 4 rings (SSSR count). The number of hydrogen-bond donors (Lipinski definition) is 3. The van der Waals surface area contributed by atoms with E-state index in [4.69, 9.17) is 0 Å². The number of aromatic nitrogens is 4. The van der Waals surface area contributed by atoms with Gasteiger partial charge in [0.15, 0.2) is 0 Å². The Balaban J connectivity index is 1.66. The SMILES string of the molecule is Cc1ccccc1Nc1nc(Nc2ccccc2)nc(Nc2ccccn2)n1. The van der Waals surface area contributed by atoms with Gasteiger partial charge >= 0.3 is 0 Å². The second-order valence-electron chi connectivity index (χ2n) is 6.08. The first-order valence-electron chi connectivity index (χ1n) is 8.85. The normalized spacial score (nSPS) is 10.3. The van der Waals surface area contributed by atoms with Gasteiger partial charge in [-0.25, -0.2) is 4.98 Å². The molecule has 138 valence electrons. The number of nitrogens with zero attached hydrogens (tertiary/aromatic N) is 4. The van der Waals surface area contributed by atoms with Crippen molar-refractivity contribution in [2.24, 2.45) is 0 Å². The average Bonchev–Trinajstić information content (AvgIpc) is 2.71. The fourth-order valence-electron chi connectivity index (χ4n) is 2.58. The van der Waals surface area contributed by atoms with Crippen molar-refractivity contribution >= 4 is 35.0 Å². The predicted molar refractivity (Wildman–Crippen MR) is 112 cm³/mol. The van der Waals surface area contributed by atoms with Crippen molar-refractivity contribution in [1.82, 2.24) is 19.9 Å². The third-order valence-electron chi connectivity index (χ3n) is 3.96. The molecule has 0 saturated carbocycles. The Morgan fingerprint density at radius 3 is 1.96 bits per heavy atom. The summed E-state index contributed by atoms with van der Waals surface area (Å²) in [5.74, 6) is 1.90. The van der Waals surface area contributed by atoms with Gasteiger partial charge in [0.25, 0.3) is 0 Å². The number of hydrogen-bond acceptors (Lipinski definition) is 7. The van der Waals surface area contributed by atoms with Crippen molar-refractivity contribution in [2.75, 3.05) is 16.0 Å². The Morgan fingerprint density at radius 1 is 0.607 bits per heavy atom. The topological polar surface area (TPSA) is 87.7 Å². The van der Waals surface area contributed by atoms with Crippen molar-refractivity contribution in [3.63, 3.8) is 0 Å². The molecule has 0 amide bonds. The van der Waals surface area contributed by atoms with E-state index in [1.54, 1.807) is 6.20 Å². The van der Waals surface area contributed by atoms with Gasteiger partial charge in [-0.1, -0.05) is 42.5 Å². The minimum Gasteiger partial charge on any atom is -0.324 e. The number of pyridine rings is 1. The molecule has 4 aromatic rings. The Hall–Kier alpha value is -4.00. The van der Waals surface area contributed by atoms with Gasteiger partial charge in [-0.3, -0.25) is 0 Å². The van der Waals surface area contributed by atoms with Crippen LogP contribution in [0.25, 0.3) is 0 Å². The van der Waals surface area contributed by atoms with E-state index in [1.807, 2.05) is 79.7 Å². The van der Waals surface area contributed by atoms with Crippen LogP contribution in [0.15, 0.2) is 79.0 Å². The van der Waals surface area contributed by atoms with Crippen LogP contribution in [-0.2, 0) is 0 Å². The summed E-state index contributed by atoms with van der Waals surface area (Å²) in [4.78, 5) is 17.7. The maximum atomic E-state index is 4.50. The van der Waals surface area contributed by atoms with Crippen LogP contribution >= 0.6 is 0 Å². The molecule has 0 atom stereocenters. The Morgan fingerprint density at radius 2 is 1.25 bits per heavy atom. The van der Waals surface area contributed by atoms with Crippen LogP contribution in [0.3, 0.4) is 0 Å². The fourth-order valence-corrected chi connectivity index (χ4v) is 2.58. The summed E-state index contributed by atoms with van der Waals surface area (Å²) in [6.07, 6.45) is 1.71. The molecule has 0 bridgehead atoms. The first-order chi connectivity index (χ1) is 13.8. The summed E-state index contributed by atoms with van der Waals surface area (Å²) in [6.45, 7) is 2.03. The lowest BCUT2D eigenvalue weighted by Gasteiger charge is -2.12. The molecule has 28 heavy (non-hydrogen) atoms. The third-order valence-corrected chi connectivity index (χ3v) is 3.96. The molecular formula is C21H19N7. The van der Waals surface area contributed by atoms with Crippen molar-refractivity contribution in [1.29, 1.82) is 0 Å². The number of nitrogens with one attached hydrogen (secondary N) is 3. The number of anilines is 6. The lowest BCUT2D eigenvalue weighted by Crippen LogP contribution is -2.08. The van der Waals surface area contributed by atoms with E-state index in [9.17, 15) is 0 Å². The van der Waals surface area contributed by atoms with E-state index in [2.05, 4.69) is 35.9 Å². The fraction of sp³-hybridized carbons (Fsp3) is 0.0476. The zero-order valence-electron chi connectivity index (χ0n) is 15.3. The van der Waals surface area contributed by atoms with E-state index >= 15 is 0 Å². The van der Waals surface area contributed by atoms with Gasteiger partial charge in [0, 0.05) is 17.6 Å². The standard InChI is InChI=1S/C21H19N7/c1-15-9-5-6-12-17(15)24-20-26-19(23-16-10-3-2-4-11-16)27-21(28-20)25-18-13-7-8-14-22-18/h2-14H,1H3,(H3,22,23,24,25,26,27,28). The zero-order chi connectivity index (χ0) is 19.2. The molecule has 0 radical (unpaired) electrons. The summed E-state index contributed by atoms with van der Waals surface area (Å²) in [7, 11) is 0. The molecule has 7 heteroatoms. The maximum Gasteiger partial charge on any atom is 0.235 e. The van der Waals surface area contributed by atoms with Crippen LogP contribution in [0, 0.1) is 6.92 Å². The van der Waals surface area contributed by atoms with Gasteiger partial charge < -0.3 is 16.0 Å². The molecule has 0 aliphatic rings. The molecule has 0 unspecified atom stereocenters. The van der Waals surface area contributed by atoms with E-state index in [-0.39, 0.29) is 0 Å². The molecule has 0 saturated heterocycles. The minimum atomic E-state index is 0.392. The van der Waals surface area contributed by atoms with E-state index in [1.165, 1.54) is 0 Å². The van der Waals surface area contributed by atoms with Crippen LogP contribution in [0.2, 0.25) is 0 Å². The lowest BCUT2D eigenvalue weighted by atomic mass is 10.2. The van der Waals surface area contributed by atoms with Crippen LogP contribution in [0.5, 0.6) is 0 Å². The van der Waals surface area contributed by atoms with Crippen molar-refractivity contribution < 1.29 is 0 Å². The quantitative estimate of drug-likeness (QED) is 0.450. The molecular weight excluding hydrogens is 350 g/mol. The monoisotopic (exact) mass is 369 g/mol. The third kappa shape index (κ3) is 4.39. The molecule has 0 aliphatic carbocycles. The molecule has 2 heterocycles. The molecule has 2 aromatic heterocycles. The van der Waals surface area contributed by atoms with Gasteiger partial charge in [0.2, 0.25) is 17.8 Å². The van der Waals surface area contributed by atoms with E-state index in [0.29, 0.717) is 23.7 Å². The highest BCUT2D eigenvalue weighted by Crippen LogP contribution is 2.21. The van der Waals surface area contributed by atoms with Gasteiger partial charge in [0.05, 0.1) is 0 Å². The summed E-state index contributed by atoms with van der Waals surface area (Å²) in [6, 6.07) is 23.3. The zero-order valence-corrected chi connectivity index (χ0v) is 15.3. The highest BCUT2D eigenvalue weighted by molar-refractivity contribution is 5.62. The highest BCUT2D eigenvalue weighted by atomic mass is 15.3. The smallest absolute Gasteiger partial charge is 0.235 e. The number of rotatable bonds is 6. The molecule has 7 nitrogen and oxygen atoms in total. The van der Waals surface area contributed by atoms with E-state index in [0.717, 1.165) is 16.9 Å². The molecule has 3 N–H and O–H groups in total. The molecule has 0 fully saturated rings. The second-order valence-corrected chi connectivity index (χ2v) is 6.08. The van der Waals surface area contributed by atoms with Crippen LogP contribution < -0.4 is 16.0 Å². The summed E-state index contributed by atoms with van der Waals surface area (Å²) in [5, 5.41) is 9.59. The van der Waals surface area contributed by atoms with E-state index < -0.39 is 0 Å². The Bertz CT molecular complexity index is 993.